The topological polar surface area (TPSA) is 94.3 Å². The van der Waals surface area contributed by atoms with Gasteiger partial charge in [0, 0.05) is 30.3 Å². The maximum absolute atomic E-state index is 12.6. The molecule has 122 valence electrons. The van der Waals surface area contributed by atoms with Crippen molar-refractivity contribution in [3.05, 3.63) is 18.3 Å². The van der Waals surface area contributed by atoms with Gasteiger partial charge in [-0.2, -0.15) is 0 Å². The molecule has 1 aromatic rings. The Balaban J connectivity index is 1.83. The smallest absolute Gasteiger partial charge is 0.241 e. The van der Waals surface area contributed by atoms with Crippen molar-refractivity contribution >= 4 is 15.8 Å². The molecule has 1 spiro atoms. The summed E-state index contributed by atoms with van der Waals surface area (Å²) in [4.78, 5) is 4.03. The number of rotatable bonds is 3. The Labute approximate surface area is 131 Å². The van der Waals surface area contributed by atoms with Crippen LogP contribution in [0, 0.1) is 5.41 Å². The molecule has 0 bridgehead atoms. The molecule has 1 atom stereocenters. The zero-order valence-electron chi connectivity index (χ0n) is 12.6. The van der Waals surface area contributed by atoms with Crippen LogP contribution in [-0.4, -0.2) is 32.7 Å². The molecule has 3 N–H and O–H groups in total. The minimum absolute atomic E-state index is 0.0534. The first-order valence-electron chi connectivity index (χ1n) is 7.84. The second-order valence-corrected chi connectivity index (χ2v) is 8.07. The third-order valence-corrected chi connectivity index (χ3v) is 6.36. The Morgan fingerprint density at radius 1 is 1.32 bits per heavy atom. The van der Waals surface area contributed by atoms with Crippen LogP contribution in [0.25, 0.3) is 0 Å². The molecule has 7 heteroatoms. The Morgan fingerprint density at radius 3 is 2.82 bits per heavy atom. The Morgan fingerprint density at radius 2 is 2.09 bits per heavy atom. The van der Waals surface area contributed by atoms with E-state index in [1.54, 1.807) is 0 Å². The number of ether oxygens (including phenoxy) is 1. The first kappa shape index (κ1) is 15.7. The highest BCUT2D eigenvalue weighted by atomic mass is 32.2. The van der Waals surface area contributed by atoms with Crippen molar-refractivity contribution in [2.24, 2.45) is 5.41 Å². The second-order valence-electron chi connectivity index (χ2n) is 6.35. The number of nitrogens with zero attached hydrogens (tertiary/aromatic N) is 1. The van der Waals surface area contributed by atoms with Gasteiger partial charge in [-0.3, -0.25) is 0 Å². The zero-order chi connectivity index (χ0) is 15.6. The van der Waals surface area contributed by atoms with Crippen LogP contribution in [-0.2, 0) is 14.8 Å². The molecule has 0 aromatic carbocycles. The van der Waals surface area contributed by atoms with Crippen LogP contribution in [0.2, 0.25) is 0 Å². The lowest BCUT2D eigenvalue weighted by Crippen LogP contribution is -2.54. The fourth-order valence-electron chi connectivity index (χ4n) is 3.67. The summed E-state index contributed by atoms with van der Waals surface area (Å²) < 4.78 is 33.9. The third kappa shape index (κ3) is 3.11. The van der Waals surface area contributed by atoms with Gasteiger partial charge in [0.25, 0.3) is 0 Å². The summed E-state index contributed by atoms with van der Waals surface area (Å²) in [5.74, 6) is 0.210. The van der Waals surface area contributed by atoms with Gasteiger partial charge in [0.1, 0.15) is 5.82 Å². The second kappa shape index (κ2) is 6.14. The van der Waals surface area contributed by atoms with E-state index in [0.717, 1.165) is 32.1 Å². The molecule has 1 aromatic heterocycles. The summed E-state index contributed by atoms with van der Waals surface area (Å²) in [5.41, 5.74) is 5.55. The highest BCUT2D eigenvalue weighted by molar-refractivity contribution is 7.89. The van der Waals surface area contributed by atoms with Crippen LogP contribution < -0.4 is 10.5 Å². The molecule has 2 aliphatic rings. The van der Waals surface area contributed by atoms with Crippen molar-refractivity contribution in [2.45, 2.75) is 49.5 Å². The van der Waals surface area contributed by atoms with Gasteiger partial charge in [0.05, 0.1) is 11.5 Å². The monoisotopic (exact) mass is 325 g/mol. The van der Waals surface area contributed by atoms with Crippen molar-refractivity contribution in [1.82, 2.24) is 9.71 Å². The van der Waals surface area contributed by atoms with E-state index in [2.05, 4.69) is 9.71 Å². The van der Waals surface area contributed by atoms with E-state index in [4.69, 9.17) is 10.5 Å². The Kier molecular flexibility index (Phi) is 4.38. The molecule has 22 heavy (non-hydrogen) atoms. The van der Waals surface area contributed by atoms with Crippen LogP contribution in [0.15, 0.2) is 23.2 Å². The average Bonchev–Trinajstić information content (AvgIpc) is 2.51. The van der Waals surface area contributed by atoms with Gasteiger partial charge in [-0.25, -0.2) is 18.1 Å². The maximum atomic E-state index is 12.6. The van der Waals surface area contributed by atoms with Crippen molar-refractivity contribution in [1.29, 1.82) is 0 Å². The molecule has 1 unspecified atom stereocenters. The lowest BCUT2D eigenvalue weighted by atomic mass is 9.68. The SMILES string of the molecule is Nc1cc(S(=O)(=O)NC2CCOCC23CCCCC3)ccn1. The van der Waals surface area contributed by atoms with E-state index < -0.39 is 10.0 Å². The van der Waals surface area contributed by atoms with E-state index in [1.165, 1.54) is 24.8 Å². The number of nitrogen functional groups attached to an aromatic ring is 1. The van der Waals surface area contributed by atoms with Crippen molar-refractivity contribution in [3.8, 4) is 0 Å². The normalized spacial score (nSPS) is 25.2. The predicted molar refractivity (Wildman–Crippen MR) is 83.7 cm³/mol. The van der Waals surface area contributed by atoms with Crippen LogP contribution in [0.1, 0.15) is 38.5 Å². The summed E-state index contributed by atoms with van der Waals surface area (Å²) in [5, 5.41) is 0. The van der Waals surface area contributed by atoms with Gasteiger partial charge in [-0.15, -0.1) is 0 Å². The highest BCUT2D eigenvalue weighted by Crippen LogP contribution is 2.43. The summed E-state index contributed by atoms with van der Waals surface area (Å²) >= 11 is 0. The van der Waals surface area contributed by atoms with E-state index in [9.17, 15) is 8.42 Å². The van der Waals surface area contributed by atoms with E-state index in [0.29, 0.717) is 13.2 Å². The number of sulfonamides is 1. The molecule has 6 nitrogen and oxygen atoms in total. The minimum Gasteiger partial charge on any atom is -0.384 e. The summed E-state index contributed by atoms with van der Waals surface area (Å²) in [6.07, 6.45) is 7.71. The standard InChI is InChI=1S/C15H23N3O3S/c16-14-10-12(4-8-17-14)22(19,20)18-13-5-9-21-11-15(13)6-2-1-3-7-15/h4,8,10,13,18H,1-3,5-7,9,11H2,(H2,16,17). The van der Waals surface area contributed by atoms with Crippen LogP contribution in [0.5, 0.6) is 0 Å². The van der Waals surface area contributed by atoms with E-state index in [-0.39, 0.29) is 22.2 Å². The predicted octanol–water partition coefficient (Wildman–Crippen LogP) is 1.68. The van der Waals surface area contributed by atoms with E-state index in [1.807, 2.05) is 0 Å². The number of hydrogen-bond donors (Lipinski definition) is 2. The van der Waals surface area contributed by atoms with Gasteiger partial charge in [0.2, 0.25) is 10.0 Å². The number of aromatic nitrogens is 1. The lowest BCUT2D eigenvalue weighted by molar-refractivity contribution is -0.0472. The molecule has 3 rings (SSSR count). The molecule has 2 heterocycles. The largest absolute Gasteiger partial charge is 0.384 e. The molecule has 1 aliphatic heterocycles. The fraction of sp³-hybridized carbons (Fsp3) is 0.667. The molecule has 1 saturated carbocycles. The molecule has 1 aliphatic carbocycles. The van der Waals surface area contributed by atoms with Gasteiger partial charge in [-0.05, 0) is 25.3 Å². The first-order valence-corrected chi connectivity index (χ1v) is 9.32. The molecular weight excluding hydrogens is 302 g/mol. The Hall–Kier alpha value is -1.18. The van der Waals surface area contributed by atoms with Crippen molar-refractivity contribution in [2.75, 3.05) is 18.9 Å². The van der Waals surface area contributed by atoms with E-state index >= 15 is 0 Å². The number of nitrogens with two attached hydrogens (primary N) is 1. The quantitative estimate of drug-likeness (QED) is 0.882. The van der Waals surface area contributed by atoms with Gasteiger partial charge in [-0.1, -0.05) is 19.3 Å². The number of anilines is 1. The summed E-state index contributed by atoms with van der Waals surface area (Å²) in [6.45, 7) is 1.26. The third-order valence-electron chi connectivity index (χ3n) is 4.89. The molecule has 0 radical (unpaired) electrons. The van der Waals surface area contributed by atoms with Crippen molar-refractivity contribution in [3.63, 3.8) is 0 Å². The number of pyridine rings is 1. The van der Waals surface area contributed by atoms with Gasteiger partial charge >= 0.3 is 0 Å². The lowest BCUT2D eigenvalue weighted by Gasteiger charge is -2.46. The number of nitrogens with one attached hydrogen (secondary N) is 1. The molecule has 2 fully saturated rings. The average molecular weight is 325 g/mol. The summed E-state index contributed by atoms with van der Waals surface area (Å²) in [7, 11) is -3.58. The van der Waals surface area contributed by atoms with Gasteiger partial charge in [0.15, 0.2) is 0 Å². The van der Waals surface area contributed by atoms with Crippen LogP contribution in [0.4, 0.5) is 5.82 Å². The number of hydrogen-bond acceptors (Lipinski definition) is 5. The van der Waals surface area contributed by atoms with Crippen LogP contribution >= 0.6 is 0 Å². The fourth-order valence-corrected chi connectivity index (χ4v) is 5.06. The first-order chi connectivity index (χ1) is 10.5. The minimum atomic E-state index is -3.58. The zero-order valence-corrected chi connectivity index (χ0v) is 13.4. The van der Waals surface area contributed by atoms with Gasteiger partial charge < -0.3 is 10.5 Å². The maximum Gasteiger partial charge on any atom is 0.241 e. The van der Waals surface area contributed by atoms with Crippen LogP contribution in [0.3, 0.4) is 0 Å². The Bertz CT molecular complexity index is 618. The molecule has 0 amide bonds. The molecule has 1 saturated heterocycles. The highest BCUT2D eigenvalue weighted by Gasteiger charge is 2.44. The van der Waals surface area contributed by atoms with Crippen molar-refractivity contribution < 1.29 is 13.2 Å². The molecular formula is C15H23N3O3S. The summed E-state index contributed by atoms with van der Waals surface area (Å²) in [6, 6.07) is 2.81.